The molecule has 0 radical (unpaired) electrons. The highest BCUT2D eigenvalue weighted by Gasteiger charge is 2.07. The SMILES string of the molecule is O=c1cc(CSc2nccn2Cc2ccccc2)nc2ccccn12. The van der Waals surface area contributed by atoms with Gasteiger partial charge in [-0.15, -0.1) is 0 Å². The molecule has 25 heavy (non-hydrogen) atoms. The Morgan fingerprint density at radius 3 is 2.72 bits per heavy atom. The molecule has 0 saturated carbocycles. The van der Waals surface area contributed by atoms with Crippen molar-refractivity contribution in [2.75, 3.05) is 0 Å². The van der Waals surface area contributed by atoms with Crippen LogP contribution in [-0.2, 0) is 12.3 Å². The van der Waals surface area contributed by atoms with Crippen molar-refractivity contribution in [3.8, 4) is 0 Å². The first-order valence-electron chi connectivity index (χ1n) is 7.95. The van der Waals surface area contributed by atoms with Crippen LogP contribution in [0.1, 0.15) is 11.3 Å². The number of pyridine rings is 1. The average Bonchev–Trinajstić information content (AvgIpc) is 3.08. The second-order valence-corrected chi connectivity index (χ2v) is 6.57. The van der Waals surface area contributed by atoms with E-state index in [4.69, 9.17) is 0 Å². The summed E-state index contributed by atoms with van der Waals surface area (Å²) in [5.41, 5.74) is 2.59. The number of benzene rings is 1. The molecule has 0 atom stereocenters. The third-order valence-corrected chi connectivity index (χ3v) is 4.88. The second-order valence-electron chi connectivity index (χ2n) is 5.63. The summed E-state index contributed by atoms with van der Waals surface area (Å²) in [6.07, 6.45) is 5.50. The predicted molar refractivity (Wildman–Crippen MR) is 98.8 cm³/mol. The molecule has 1 aromatic carbocycles. The van der Waals surface area contributed by atoms with Gasteiger partial charge in [0.1, 0.15) is 5.65 Å². The van der Waals surface area contributed by atoms with Crippen LogP contribution in [0.15, 0.2) is 83.1 Å². The zero-order valence-corrected chi connectivity index (χ0v) is 14.3. The Morgan fingerprint density at radius 1 is 1.00 bits per heavy atom. The van der Waals surface area contributed by atoms with Crippen LogP contribution >= 0.6 is 11.8 Å². The van der Waals surface area contributed by atoms with Gasteiger partial charge in [0.15, 0.2) is 5.16 Å². The van der Waals surface area contributed by atoms with Crippen LogP contribution in [0.2, 0.25) is 0 Å². The summed E-state index contributed by atoms with van der Waals surface area (Å²) in [6, 6.07) is 17.4. The topological polar surface area (TPSA) is 52.2 Å². The van der Waals surface area contributed by atoms with Gasteiger partial charge in [0.25, 0.3) is 5.56 Å². The summed E-state index contributed by atoms with van der Waals surface area (Å²) < 4.78 is 3.65. The fourth-order valence-corrected chi connectivity index (χ4v) is 3.50. The molecule has 6 heteroatoms. The van der Waals surface area contributed by atoms with Crippen LogP contribution in [0.3, 0.4) is 0 Å². The highest BCUT2D eigenvalue weighted by molar-refractivity contribution is 7.98. The molecule has 124 valence electrons. The quantitative estimate of drug-likeness (QED) is 0.520. The van der Waals surface area contributed by atoms with Crippen LogP contribution in [0.4, 0.5) is 0 Å². The van der Waals surface area contributed by atoms with Gasteiger partial charge in [-0.05, 0) is 17.7 Å². The lowest BCUT2D eigenvalue weighted by Crippen LogP contribution is -2.14. The smallest absolute Gasteiger partial charge is 0.258 e. The number of thioether (sulfide) groups is 1. The number of fused-ring (bicyclic) bond motifs is 1. The lowest BCUT2D eigenvalue weighted by atomic mass is 10.2. The van der Waals surface area contributed by atoms with E-state index in [1.807, 2.05) is 42.6 Å². The van der Waals surface area contributed by atoms with Crippen molar-refractivity contribution in [3.63, 3.8) is 0 Å². The summed E-state index contributed by atoms with van der Waals surface area (Å²) in [6.45, 7) is 0.775. The Morgan fingerprint density at radius 2 is 1.84 bits per heavy atom. The van der Waals surface area contributed by atoms with Crippen molar-refractivity contribution in [1.29, 1.82) is 0 Å². The van der Waals surface area contributed by atoms with Gasteiger partial charge in [-0.2, -0.15) is 0 Å². The number of imidazole rings is 1. The Kier molecular flexibility index (Phi) is 4.35. The molecule has 0 unspecified atom stereocenters. The third-order valence-electron chi connectivity index (χ3n) is 3.85. The Bertz CT molecular complexity index is 1060. The zero-order valence-electron chi connectivity index (χ0n) is 13.4. The van der Waals surface area contributed by atoms with E-state index >= 15 is 0 Å². The number of hydrogen-bond acceptors (Lipinski definition) is 4. The molecule has 0 fully saturated rings. The molecule has 0 saturated heterocycles. The van der Waals surface area contributed by atoms with E-state index in [2.05, 4.69) is 26.7 Å². The zero-order chi connectivity index (χ0) is 17.1. The first kappa shape index (κ1) is 15.7. The summed E-state index contributed by atoms with van der Waals surface area (Å²) in [5.74, 6) is 0.604. The molecule has 0 bridgehead atoms. The minimum Gasteiger partial charge on any atom is -0.322 e. The molecule has 0 aliphatic rings. The first-order chi connectivity index (χ1) is 12.3. The van der Waals surface area contributed by atoms with E-state index < -0.39 is 0 Å². The maximum absolute atomic E-state index is 12.2. The summed E-state index contributed by atoms with van der Waals surface area (Å²) in [5, 5.41) is 0.916. The molecule has 0 spiro atoms. The van der Waals surface area contributed by atoms with Crippen LogP contribution in [-0.4, -0.2) is 18.9 Å². The molecule has 5 nitrogen and oxygen atoms in total. The van der Waals surface area contributed by atoms with Crippen molar-refractivity contribution in [2.24, 2.45) is 0 Å². The van der Waals surface area contributed by atoms with E-state index in [1.165, 1.54) is 5.56 Å². The normalized spacial score (nSPS) is 11.0. The van der Waals surface area contributed by atoms with Gasteiger partial charge >= 0.3 is 0 Å². The van der Waals surface area contributed by atoms with Crippen molar-refractivity contribution in [1.82, 2.24) is 18.9 Å². The standard InChI is InChI=1S/C19H16N4OS/c24-18-12-16(21-17-8-4-5-10-23(17)18)14-25-19-20-9-11-22(19)13-15-6-2-1-3-7-15/h1-12H,13-14H2. The van der Waals surface area contributed by atoms with Crippen LogP contribution in [0, 0.1) is 0 Å². The van der Waals surface area contributed by atoms with E-state index in [9.17, 15) is 4.79 Å². The molecule has 0 aliphatic heterocycles. The number of aromatic nitrogens is 4. The van der Waals surface area contributed by atoms with E-state index in [-0.39, 0.29) is 5.56 Å². The fourth-order valence-electron chi connectivity index (χ4n) is 2.65. The van der Waals surface area contributed by atoms with Crippen LogP contribution in [0.5, 0.6) is 0 Å². The first-order valence-corrected chi connectivity index (χ1v) is 8.93. The van der Waals surface area contributed by atoms with Crippen molar-refractivity contribution < 1.29 is 0 Å². The summed E-state index contributed by atoms with van der Waals surface area (Å²) >= 11 is 1.58. The maximum atomic E-state index is 12.2. The highest BCUT2D eigenvalue weighted by Crippen LogP contribution is 2.21. The highest BCUT2D eigenvalue weighted by atomic mass is 32.2. The summed E-state index contributed by atoms with van der Waals surface area (Å²) in [7, 11) is 0. The van der Waals surface area contributed by atoms with Gasteiger partial charge < -0.3 is 4.57 Å². The number of rotatable bonds is 5. The summed E-state index contributed by atoms with van der Waals surface area (Å²) in [4.78, 5) is 21.1. The average molecular weight is 348 g/mol. The Balaban J connectivity index is 1.53. The molecular weight excluding hydrogens is 332 g/mol. The number of hydrogen-bond donors (Lipinski definition) is 0. The van der Waals surface area contributed by atoms with Crippen LogP contribution in [0.25, 0.3) is 5.65 Å². The van der Waals surface area contributed by atoms with Crippen molar-refractivity contribution in [2.45, 2.75) is 17.5 Å². The second kappa shape index (κ2) is 6.94. The number of nitrogens with zero attached hydrogens (tertiary/aromatic N) is 4. The molecule has 4 rings (SSSR count). The molecule has 3 heterocycles. The Hall–Kier alpha value is -2.86. The van der Waals surface area contributed by atoms with E-state index in [0.717, 1.165) is 17.4 Å². The molecule has 0 amide bonds. The van der Waals surface area contributed by atoms with Gasteiger partial charge in [0, 0.05) is 37.0 Å². The monoisotopic (exact) mass is 348 g/mol. The minimum absolute atomic E-state index is 0.0613. The minimum atomic E-state index is -0.0613. The lowest BCUT2D eigenvalue weighted by Gasteiger charge is -2.08. The maximum Gasteiger partial charge on any atom is 0.258 e. The molecule has 3 aromatic heterocycles. The lowest BCUT2D eigenvalue weighted by molar-refractivity contribution is 0.708. The van der Waals surface area contributed by atoms with Crippen LogP contribution < -0.4 is 5.56 Å². The predicted octanol–water partition coefficient (Wildman–Crippen LogP) is 3.23. The molecule has 0 aliphatic carbocycles. The van der Waals surface area contributed by atoms with E-state index in [0.29, 0.717) is 11.4 Å². The molecule has 0 N–H and O–H groups in total. The van der Waals surface area contributed by atoms with Gasteiger partial charge in [0.05, 0.1) is 5.69 Å². The van der Waals surface area contributed by atoms with Gasteiger partial charge in [0.2, 0.25) is 0 Å². The third kappa shape index (κ3) is 3.49. The largest absolute Gasteiger partial charge is 0.322 e. The van der Waals surface area contributed by atoms with Gasteiger partial charge in [-0.1, -0.05) is 48.2 Å². The van der Waals surface area contributed by atoms with Crippen molar-refractivity contribution >= 4 is 17.4 Å². The van der Waals surface area contributed by atoms with E-state index in [1.54, 1.807) is 34.6 Å². The van der Waals surface area contributed by atoms with Gasteiger partial charge in [-0.3, -0.25) is 9.20 Å². The molecule has 4 aromatic rings. The fraction of sp³-hybridized carbons (Fsp3) is 0.105. The molecular formula is C19H16N4OS. The van der Waals surface area contributed by atoms with Gasteiger partial charge in [-0.25, -0.2) is 9.97 Å². The Labute approximate surface area is 149 Å². The van der Waals surface area contributed by atoms with Crippen molar-refractivity contribution in [3.05, 3.63) is 94.8 Å².